The number of benzene rings is 2. The second kappa shape index (κ2) is 5.25. The van der Waals surface area contributed by atoms with E-state index < -0.39 is 11.0 Å². The van der Waals surface area contributed by atoms with Gasteiger partial charge in [-0.05, 0) is 43.9 Å². The van der Waals surface area contributed by atoms with Gasteiger partial charge < -0.3 is 5.11 Å². The largest absolute Gasteiger partial charge is 0.372 e. The van der Waals surface area contributed by atoms with Gasteiger partial charge in [0.05, 0.1) is 0 Å². The van der Waals surface area contributed by atoms with Crippen molar-refractivity contribution in [1.29, 1.82) is 0 Å². The topological polar surface area (TPSA) is 20.2 Å². The standard InChI is InChI=1S/C22H24O/c1-20(2,3)14-15-22(23)19-13-9-8-10-17(19)16-21(22,4)18-11-6-5-7-12-18/h5-13,23H,16H2,1-4H3/t21-,22+/m0/s1. The first kappa shape index (κ1) is 15.8. The minimum absolute atomic E-state index is 0.148. The summed E-state index contributed by atoms with van der Waals surface area (Å²) in [5.41, 5.74) is 1.49. The second-order valence-corrected chi connectivity index (χ2v) is 7.74. The number of rotatable bonds is 1. The average Bonchev–Trinajstić information content (AvgIpc) is 2.76. The Labute approximate surface area is 139 Å². The van der Waals surface area contributed by atoms with Gasteiger partial charge in [-0.1, -0.05) is 73.4 Å². The fourth-order valence-corrected chi connectivity index (χ4v) is 3.43. The Morgan fingerprint density at radius 1 is 0.957 bits per heavy atom. The van der Waals surface area contributed by atoms with E-state index in [0.717, 1.165) is 17.5 Å². The SMILES string of the molecule is CC(C)(C)C#C[C@@]1(O)c2ccccc2C[C@@]1(C)c1ccccc1. The molecule has 0 saturated heterocycles. The van der Waals surface area contributed by atoms with Gasteiger partial charge in [-0.15, -0.1) is 0 Å². The fourth-order valence-electron chi connectivity index (χ4n) is 3.43. The van der Waals surface area contributed by atoms with Crippen LogP contribution in [0.15, 0.2) is 54.6 Å². The van der Waals surface area contributed by atoms with Crippen LogP contribution in [-0.2, 0) is 17.4 Å². The molecule has 2 aromatic rings. The van der Waals surface area contributed by atoms with Crippen LogP contribution in [0.3, 0.4) is 0 Å². The molecule has 0 spiro atoms. The van der Waals surface area contributed by atoms with Crippen molar-refractivity contribution in [2.75, 3.05) is 0 Å². The highest BCUT2D eigenvalue weighted by atomic mass is 16.3. The predicted molar refractivity (Wildman–Crippen MR) is 95.1 cm³/mol. The molecule has 0 radical (unpaired) electrons. The van der Waals surface area contributed by atoms with Crippen LogP contribution in [0.25, 0.3) is 0 Å². The lowest BCUT2D eigenvalue weighted by atomic mass is 9.69. The molecule has 1 aliphatic rings. The van der Waals surface area contributed by atoms with E-state index >= 15 is 0 Å². The molecule has 23 heavy (non-hydrogen) atoms. The zero-order chi connectivity index (χ0) is 16.7. The molecule has 0 saturated carbocycles. The summed E-state index contributed by atoms with van der Waals surface area (Å²) >= 11 is 0. The van der Waals surface area contributed by atoms with E-state index in [1.165, 1.54) is 5.56 Å². The minimum Gasteiger partial charge on any atom is -0.372 e. The highest BCUT2D eigenvalue weighted by molar-refractivity contribution is 5.53. The normalized spacial score (nSPS) is 26.3. The molecule has 1 nitrogen and oxygen atoms in total. The van der Waals surface area contributed by atoms with Crippen molar-refractivity contribution in [1.82, 2.24) is 0 Å². The van der Waals surface area contributed by atoms with Crippen LogP contribution in [0, 0.1) is 17.3 Å². The lowest BCUT2D eigenvalue weighted by molar-refractivity contribution is 0.0314. The smallest absolute Gasteiger partial charge is 0.160 e. The number of fused-ring (bicyclic) bond motifs is 1. The molecule has 0 heterocycles. The third-order valence-corrected chi connectivity index (χ3v) is 4.78. The van der Waals surface area contributed by atoms with Crippen LogP contribution >= 0.6 is 0 Å². The van der Waals surface area contributed by atoms with Gasteiger partial charge in [-0.2, -0.15) is 0 Å². The van der Waals surface area contributed by atoms with E-state index in [0.29, 0.717) is 0 Å². The van der Waals surface area contributed by atoms with Gasteiger partial charge in [0.25, 0.3) is 0 Å². The minimum atomic E-state index is -1.17. The van der Waals surface area contributed by atoms with E-state index in [2.05, 4.69) is 57.7 Å². The first-order chi connectivity index (χ1) is 10.8. The summed E-state index contributed by atoms with van der Waals surface area (Å²) in [6.45, 7) is 8.35. The Bertz CT molecular complexity index is 773. The average molecular weight is 304 g/mol. The van der Waals surface area contributed by atoms with Crippen molar-refractivity contribution in [3.8, 4) is 11.8 Å². The maximum Gasteiger partial charge on any atom is 0.160 e. The van der Waals surface area contributed by atoms with Gasteiger partial charge in [0.15, 0.2) is 5.60 Å². The predicted octanol–water partition coefficient (Wildman–Crippen LogP) is 4.44. The lowest BCUT2D eigenvalue weighted by Crippen LogP contribution is -2.43. The Balaban J connectivity index is 2.23. The molecule has 2 aromatic carbocycles. The number of hydrogen-bond acceptors (Lipinski definition) is 1. The summed E-state index contributed by atoms with van der Waals surface area (Å²) in [5.74, 6) is 6.52. The van der Waals surface area contributed by atoms with Crippen molar-refractivity contribution in [2.24, 2.45) is 5.41 Å². The van der Waals surface area contributed by atoms with E-state index in [1.807, 2.05) is 36.4 Å². The first-order valence-corrected chi connectivity index (χ1v) is 8.17. The first-order valence-electron chi connectivity index (χ1n) is 8.17. The van der Waals surface area contributed by atoms with Crippen LogP contribution in [0.4, 0.5) is 0 Å². The molecule has 118 valence electrons. The summed E-state index contributed by atoms with van der Waals surface area (Å²) in [4.78, 5) is 0. The summed E-state index contributed by atoms with van der Waals surface area (Å²) in [6.07, 6.45) is 0.794. The second-order valence-electron chi connectivity index (χ2n) is 7.74. The molecule has 2 atom stereocenters. The summed E-state index contributed by atoms with van der Waals surface area (Å²) in [5, 5.41) is 11.7. The Morgan fingerprint density at radius 2 is 1.57 bits per heavy atom. The van der Waals surface area contributed by atoms with Crippen molar-refractivity contribution in [3.05, 3.63) is 71.3 Å². The molecule has 3 rings (SSSR count). The molecular weight excluding hydrogens is 280 g/mol. The zero-order valence-corrected chi connectivity index (χ0v) is 14.4. The van der Waals surface area contributed by atoms with Gasteiger partial charge in [-0.25, -0.2) is 0 Å². The molecular formula is C22H24O. The molecule has 1 N–H and O–H groups in total. The van der Waals surface area contributed by atoms with Crippen LogP contribution in [0.5, 0.6) is 0 Å². The molecule has 1 heteroatoms. The van der Waals surface area contributed by atoms with E-state index in [-0.39, 0.29) is 5.41 Å². The molecule has 1 aliphatic carbocycles. The van der Waals surface area contributed by atoms with Crippen molar-refractivity contribution < 1.29 is 5.11 Å². The highest BCUT2D eigenvalue weighted by Gasteiger charge is 2.54. The fraction of sp³-hybridized carbons (Fsp3) is 0.364. The molecule has 0 amide bonds. The molecule has 0 aromatic heterocycles. The summed E-state index contributed by atoms with van der Waals surface area (Å²) in [6, 6.07) is 18.4. The van der Waals surface area contributed by atoms with Crippen LogP contribution in [-0.4, -0.2) is 5.11 Å². The van der Waals surface area contributed by atoms with Gasteiger partial charge in [0.1, 0.15) is 0 Å². The van der Waals surface area contributed by atoms with Gasteiger partial charge in [-0.3, -0.25) is 0 Å². The zero-order valence-electron chi connectivity index (χ0n) is 14.4. The Kier molecular flexibility index (Phi) is 3.62. The van der Waals surface area contributed by atoms with Crippen molar-refractivity contribution >= 4 is 0 Å². The van der Waals surface area contributed by atoms with Crippen LogP contribution in [0.2, 0.25) is 0 Å². The molecule has 0 fully saturated rings. The van der Waals surface area contributed by atoms with E-state index in [4.69, 9.17) is 0 Å². The molecule has 0 aliphatic heterocycles. The highest BCUT2D eigenvalue weighted by Crippen LogP contribution is 2.51. The van der Waals surface area contributed by atoms with Gasteiger partial charge in [0.2, 0.25) is 0 Å². The van der Waals surface area contributed by atoms with Crippen molar-refractivity contribution in [3.63, 3.8) is 0 Å². The monoisotopic (exact) mass is 304 g/mol. The van der Waals surface area contributed by atoms with E-state index in [9.17, 15) is 5.11 Å². The third kappa shape index (κ3) is 2.58. The maximum absolute atomic E-state index is 11.7. The van der Waals surface area contributed by atoms with Gasteiger partial charge >= 0.3 is 0 Å². The van der Waals surface area contributed by atoms with E-state index in [1.54, 1.807) is 0 Å². The maximum atomic E-state index is 11.7. The molecule has 0 unspecified atom stereocenters. The quantitative estimate of drug-likeness (QED) is 0.772. The number of hydrogen-bond donors (Lipinski definition) is 1. The van der Waals surface area contributed by atoms with Crippen molar-refractivity contribution in [2.45, 2.75) is 45.1 Å². The summed E-state index contributed by atoms with van der Waals surface area (Å²) < 4.78 is 0. The Morgan fingerprint density at radius 3 is 2.22 bits per heavy atom. The third-order valence-electron chi connectivity index (χ3n) is 4.78. The summed E-state index contributed by atoms with van der Waals surface area (Å²) in [7, 11) is 0. The Hall–Kier alpha value is -2.04. The van der Waals surface area contributed by atoms with Gasteiger partial charge in [0, 0.05) is 10.8 Å². The lowest BCUT2D eigenvalue weighted by Gasteiger charge is -2.37. The van der Waals surface area contributed by atoms with Crippen LogP contribution in [0.1, 0.15) is 44.4 Å². The number of aliphatic hydroxyl groups is 1. The molecule has 0 bridgehead atoms. The van der Waals surface area contributed by atoms with Crippen LogP contribution < -0.4 is 0 Å².